The van der Waals surface area contributed by atoms with Crippen molar-refractivity contribution in [1.82, 2.24) is 0 Å². The van der Waals surface area contributed by atoms with Crippen LogP contribution in [-0.2, 0) is 16.1 Å². The number of hydrogen-bond donors (Lipinski definition) is 0. The summed E-state index contributed by atoms with van der Waals surface area (Å²) in [4.78, 5) is 0. The average molecular weight is 262 g/mol. The normalized spacial score (nSPS) is 35.3. The minimum absolute atomic E-state index is 0.227. The van der Waals surface area contributed by atoms with Gasteiger partial charge in [0.05, 0.1) is 25.4 Å². The average Bonchev–Trinajstić information content (AvgIpc) is 2.43. The maximum absolute atomic E-state index is 6.09. The van der Waals surface area contributed by atoms with Crippen molar-refractivity contribution in [3.8, 4) is 0 Å². The van der Waals surface area contributed by atoms with Crippen molar-refractivity contribution < 1.29 is 9.47 Å². The lowest BCUT2D eigenvalue weighted by molar-refractivity contribution is -0.150. The first kappa shape index (κ1) is 14.5. The van der Waals surface area contributed by atoms with Crippen molar-refractivity contribution in [2.75, 3.05) is 6.61 Å². The Kier molecular flexibility index (Phi) is 5.00. The van der Waals surface area contributed by atoms with E-state index >= 15 is 0 Å². The fourth-order valence-corrected chi connectivity index (χ4v) is 2.83. The number of ether oxygens (including phenoxy) is 2. The van der Waals surface area contributed by atoms with E-state index in [1.165, 1.54) is 5.56 Å². The summed E-state index contributed by atoms with van der Waals surface area (Å²) in [5, 5.41) is 0. The Morgan fingerprint density at radius 3 is 2.32 bits per heavy atom. The SMILES string of the molecule is CC1[C@H](C)OC(COCc2ccccc2)[C@@H](C)[C@@H]1C. The molecule has 0 spiro atoms. The van der Waals surface area contributed by atoms with Gasteiger partial charge in [0.2, 0.25) is 0 Å². The van der Waals surface area contributed by atoms with Gasteiger partial charge >= 0.3 is 0 Å². The van der Waals surface area contributed by atoms with Crippen LogP contribution in [-0.4, -0.2) is 18.8 Å². The van der Waals surface area contributed by atoms with Crippen LogP contribution in [0.3, 0.4) is 0 Å². The summed E-state index contributed by atoms with van der Waals surface area (Å²) in [5.74, 6) is 1.87. The molecule has 1 aromatic carbocycles. The van der Waals surface area contributed by atoms with Gasteiger partial charge in [0.25, 0.3) is 0 Å². The minimum atomic E-state index is 0.227. The summed E-state index contributed by atoms with van der Waals surface area (Å²) in [6.07, 6.45) is 0.557. The van der Waals surface area contributed by atoms with Gasteiger partial charge < -0.3 is 9.47 Å². The van der Waals surface area contributed by atoms with Gasteiger partial charge in [-0.05, 0) is 30.2 Å². The first-order chi connectivity index (χ1) is 9.09. The molecule has 1 fully saturated rings. The fraction of sp³-hybridized carbons (Fsp3) is 0.647. The van der Waals surface area contributed by atoms with Crippen LogP contribution in [0.1, 0.15) is 33.3 Å². The quantitative estimate of drug-likeness (QED) is 0.819. The predicted molar refractivity (Wildman–Crippen MR) is 77.9 cm³/mol. The summed E-state index contributed by atoms with van der Waals surface area (Å²) >= 11 is 0. The van der Waals surface area contributed by atoms with Gasteiger partial charge in [-0.25, -0.2) is 0 Å². The van der Waals surface area contributed by atoms with Crippen molar-refractivity contribution in [3.63, 3.8) is 0 Å². The van der Waals surface area contributed by atoms with Crippen molar-refractivity contribution in [2.24, 2.45) is 17.8 Å². The molecule has 0 bridgehead atoms. The summed E-state index contributed by atoms with van der Waals surface area (Å²) in [6, 6.07) is 10.3. The van der Waals surface area contributed by atoms with Crippen LogP contribution < -0.4 is 0 Å². The van der Waals surface area contributed by atoms with E-state index in [0.717, 1.165) is 0 Å². The Balaban J connectivity index is 1.82. The third kappa shape index (κ3) is 3.58. The van der Waals surface area contributed by atoms with Crippen LogP contribution in [0.4, 0.5) is 0 Å². The predicted octanol–water partition coefficient (Wildman–Crippen LogP) is 3.90. The smallest absolute Gasteiger partial charge is 0.0840 e. The van der Waals surface area contributed by atoms with E-state index in [0.29, 0.717) is 37.1 Å². The first-order valence-electron chi connectivity index (χ1n) is 7.36. The molecular formula is C17H26O2. The van der Waals surface area contributed by atoms with Gasteiger partial charge in [0.1, 0.15) is 0 Å². The van der Waals surface area contributed by atoms with Gasteiger partial charge in [-0.15, -0.1) is 0 Å². The van der Waals surface area contributed by atoms with Gasteiger partial charge in [0.15, 0.2) is 0 Å². The second-order valence-electron chi connectivity index (χ2n) is 5.96. The van der Waals surface area contributed by atoms with Crippen LogP contribution in [0.5, 0.6) is 0 Å². The summed E-state index contributed by atoms with van der Waals surface area (Å²) in [5.41, 5.74) is 1.22. The van der Waals surface area contributed by atoms with Crippen molar-refractivity contribution in [2.45, 2.75) is 46.5 Å². The van der Waals surface area contributed by atoms with Gasteiger partial charge in [-0.1, -0.05) is 51.1 Å². The molecule has 1 aromatic rings. The minimum Gasteiger partial charge on any atom is -0.374 e. The van der Waals surface area contributed by atoms with Gasteiger partial charge in [-0.2, -0.15) is 0 Å². The lowest BCUT2D eigenvalue weighted by Crippen LogP contribution is -2.45. The topological polar surface area (TPSA) is 18.5 Å². The molecule has 2 unspecified atom stereocenters. The van der Waals surface area contributed by atoms with Crippen molar-refractivity contribution >= 4 is 0 Å². The van der Waals surface area contributed by atoms with E-state index in [4.69, 9.17) is 9.47 Å². The zero-order valence-electron chi connectivity index (χ0n) is 12.5. The highest BCUT2D eigenvalue weighted by Crippen LogP contribution is 2.34. The second-order valence-corrected chi connectivity index (χ2v) is 5.96. The highest BCUT2D eigenvalue weighted by molar-refractivity contribution is 5.13. The third-order valence-electron chi connectivity index (χ3n) is 4.77. The molecule has 19 heavy (non-hydrogen) atoms. The van der Waals surface area contributed by atoms with E-state index in [9.17, 15) is 0 Å². The summed E-state index contributed by atoms with van der Waals surface area (Å²) in [7, 11) is 0. The summed E-state index contributed by atoms with van der Waals surface area (Å²) < 4.78 is 11.9. The molecule has 1 saturated heterocycles. The lowest BCUT2D eigenvalue weighted by Gasteiger charge is -2.42. The Morgan fingerprint density at radius 1 is 0.947 bits per heavy atom. The Morgan fingerprint density at radius 2 is 1.63 bits per heavy atom. The highest BCUT2D eigenvalue weighted by atomic mass is 16.5. The Bertz CT molecular complexity index is 376. The number of rotatable bonds is 4. The lowest BCUT2D eigenvalue weighted by atomic mass is 9.77. The maximum atomic E-state index is 6.09. The molecule has 2 nitrogen and oxygen atoms in total. The molecular weight excluding hydrogens is 236 g/mol. The molecule has 2 rings (SSSR count). The van der Waals surface area contributed by atoms with Crippen molar-refractivity contribution in [3.05, 3.63) is 35.9 Å². The van der Waals surface area contributed by atoms with Gasteiger partial charge in [0, 0.05) is 0 Å². The third-order valence-corrected chi connectivity index (χ3v) is 4.77. The molecule has 5 atom stereocenters. The maximum Gasteiger partial charge on any atom is 0.0840 e. The standard InChI is InChI=1S/C17H26O2/c1-12-13(2)15(4)19-17(14(12)3)11-18-10-16-8-6-5-7-9-16/h5-9,12-15,17H,10-11H2,1-4H3/t12-,13?,14+,15+,17?/m1/s1. The molecule has 0 radical (unpaired) electrons. The largest absolute Gasteiger partial charge is 0.374 e. The first-order valence-corrected chi connectivity index (χ1v) is 7.36. The molecule has 0 saturated carbocycles. The van der Waals surface area contributed by atoms with Crippen LogP contribution in [0.25, 0.3) is 0 Å². The number of hydrogen-bond acceptors (Lipinski definition) is 2. The Labute approximate surface area is 117 Å². The monoisotopic (exact) mass is 262 g/mol. The second kappa shape index (κ2) is 6.53. The summed E-state index contributed by atoms with van der Waals surface area (Å²) in [6.45, 7) is 10.4. The molecule has 106 valence electrons. The molecule has 1 aliphatic heterocycles. The highest BCUT2D eigenvalue weighted by Gasteiger charge is 2.36. The van der Waals surface area contributed by atoms with Crippen molar-refractivity contribution in [1.29, 1.82) is 0 Å². The zero-order valence-corrected chi connectivity index (χ0v) is 12.5. The van der Waals surface area contributed by atoms with Gasteiger partial charge in [-0.3, -0.25) is 0 Å². The number of benzene rings is 1. The van der Waals surface area contributed by atoms with E-state index in [1.807, 2.05) is 18.2 Å². The van der Waals surface area contributed by atoms with E-state index in [1.54, 1.807) is 0 Å². The molecule has 1 aliphatic rings. The van der Waals surface area contributed by atoms with E-state index < -0.39 is 0 Å². The van der Waals surface area contributed by atoms with Crippen LogP contribution in [0.15, 0.2) is 30.3 Å². The van der Waals surface area contributed by atoms with Crippen LogP contribution in [0.2, 0.25) is 0 Å². The molecule has 0 aliphatic carbocycles. The Hall–Kier alpha value is -0.860. The van der Waals surface area contributed by atoms with Crippen LogP contribution in [0, 0.1) is 17.8 Å². The zero-order chi connectivity index (χ0) is 13.8. The molecule has 0 amide bonds. The molecule has 0 N–H and O–H groups in total. The molecule has 0 aromatic heterocycles. The molecule has 2 heteroatoms. The van der Waals surface area contributed by atoms with Crippen LogP contribution >= 0.6 is 0 Å². The van der Waals surface area contributed by atoms with E-state index in [-0.39, 0.29) is 6.10 Å². The van der Waals surface area contributed by atoms with E-state index in [2.05, 4.69) is 39.8 Å². The molecule has 1 heterocycles. The fourth-order valence-electron chi connectivity index (χ4n) is 2.83.